The molecule has 2 amide bonds. The maximum Gasteiger partial charge on any atom is 0.306 e. The first-order chi connectivity index (χ1) is 10.1. The number of aliphatic carboxylic acids is 1. The summed E-state index contributed by atoms with van der Waals surface area (Å²) >= 11 is 0. The van der Waals surface area contributed by atoms with Crippen molar-refractivity contribution in [1.29, 1.82) is 0 Å². The topological polar surface area (TPSA) is 74.7 Å². The van der Waals surface area contributed by atoms with Crippen LogP contribution >= 0.6 is 0 Å². The molecule has 3 aliphatic rings. The van der Waals surface area contributed by atoms with Gasteiger partial charge in [-0.25, -0.2) is 0 Å². The first kappa shape index (κ1) is 14.3. The minimum absolute atomic E-state index is 0.0879. The van der Waals surface area contributed by atoms with Crippen molar-refractivity contribution in [3.63, 3.8) is 0 Å². The molecule has 114 valence electrons. The molecule has 2 aliphatic carbocycles. The molecule has 1 heterocycles. The second kappa shape index (κ2) is 5.62. The van der Waals surface area contributed by atoms with E-state index in [0.29, 0.717) is 19.4 Å². The average Bonchev–Trinajstić information content (AvgIpc) is 2.73. The summed E-state index contributed by atoms with van der Waals surface area (Å²) < 4.78 is 0. The van der Waals surface area contributed by atoms with Crippen LogP contribution in [0, 0.1) is 11.8 Å². The molecule has 0 saturated heterocycles. The second-order valence-corrected chi connectivity index (χ2v) is 6.44. The maximum absolute atomic E-state index is 12.3. The SMILES string of the molecule is O=C(O)C1CCC(CN2C(=O)C3=C(CCCC3)C2=O)CC1. The normalized spacial score (nSPS) is 29.8. The number of carbonyl (C=O) groups excluding carboxylic acids is 2. The Morgan fingerprint density at radius 1 is 1.00 bits per heavy atom. The van der Waals surface area contributed by atoms with Gasteiger partial charge < -0.3 is 5.11 Å². The Balaban J connectivity index is 1.61. The highest BCUT2D eigenvalue weighted by atomic mass is 16.4. The molecule has 3 rings (SSSR count). The molecule has 1 fully saturated rings. The van der Waals surface area contributed by atoms with Crippen LogP contribution in [-0.4, -0.2) is 34.3 Å². The van der Waals surface area contributed by atoms with Crippen LogP contribution in [-0.2, 0) is 14.4 Å². The summed E-state index contributed by atoms with van der Waals surface area (Å²) in [6.45, 7) is 0.469. The van der Waals surface area contributed by atoms with Crippen LogP contribution in [0.2, 0.25) is 0 Å². The lowest BCUT2D eigenvalue weighted by molar-refractivity contribution is -0.144. The first-order valence-corrected chi connectivity index (χ1v) is 7.89. The number of carbonyl (C=O) groups is 3. The molecule has 0 aromatic heterocycles. The van der Waals surface area contributed by atoms with Crippen molar-refractivity contribution in [3.05, 3.63) is 11.1 Å². The molecule has 21 heavy (non-hydrogen) atoms. The summed E-state index contributed by atoms with van der Waals surface area (Å²) in [7, 11) is 0. The fourth-order valence-electron chi connectivity index (χ4n) is 3.81. The Hall–Kier alpha value is -1.65. The summed E-state index contributed by atoms with van der Waals surface area (Å²) in [6, 6.07) is 0. The van der Waals surface area contributed by atoms with E-state index in [9.17, 15) is 14.4 Å². The first-order valence-electron chi connectivity index (χ1n) is 7.89. The summed E-state index contributed by atoms with van der Waals surface area (Å²) in [4.78, 5) is 37.1. The van der Waals surface area contributed by atoms with E-state index in [1.54, 1.807) is 0 Å². The molecule has 0 atom stereocenters. The van der Waals surface area contributed by atoms with Crippen molar-refractivity contribution < 1.29 is 19.5 Å². The van der Waals surface area contributed by atoms with Gasteiger partial charge in [-0.3, -0.25) is 19.3 Å². The van der Waals surface area contributed by atoms with E-state index in [-0.39, 0.29) is 23.7 Å². The molecule has 0 spiro atoms. The summed E-state index contributed by atoms with van der Waals surface area (Å²) in [5.41, 5.74) is 1.48. The number of hydrogen-bond acceptors (Lipinski definition) is 3. The van der Waals surface area contributed by atoms with Crippen molar-refractivity contribution in [2.75, 3.05) is 6.54 Å². The maximum atomic E-state index is 12.3. The Labute approximate surface area is 124 Å². The van der Waals surface area contributed by atoms with Gasteiger partial charge in [0, 0.05) is 17.7 Å². The van der Waals surface area contributed by atoms with E-state index in [1.807, 2.05) is 0 Å². The quantitative estimate of drug-likeness (QED) is 0.808. The minimum Gasteiger partial charge on any atom is -0.481 e. The van der Waals surface area contributed by atoms with Gasteiger partial charge in [0.05, 0.1) is 5.92 Å². The Morgan fingerprint density at radius 3 is 2.00 bits per heavy atom. The van der Waals surface area contributed by atoms with Gasteiger partial charge >= 0.3 is 5.97 Å². The van der Waals surface area contributed by atoms with Gasteiger partial charge in [0.25, 0.3) is 11.8 Å². The number of hydrogen-bond donors (Lipinski definition) is 1. The zero-order valence-corrected chi connectivity index (χ0v) is 12.1. The Morgan fingerprint density at radius 2 is 1.52 bits per heavy atom. The third-order valence-corrected chi connectivity index (χ3v) is 5.11. The van der Waals surface area contributed by atoms with E-state index in [0.717, 1.165) is 49.7 Å². The molecular weight excluding hydrogens is 270 g/mol. The van der Waals surface area contributed by atoms with E-state index in [2.05, 4.69) is 0 Å². The largest absolute Gasteiger partial charge is 0.481 e. The Kier molecular flexibility index (Phi) is 3.83. The lowest BCUT2D eigenvalue weighted by atomic mass is 9.82. The van der Waals surface area contributed by atoms with Crippen LogP contribution in [0.4, 0.5) is 0 Å². The third-order valence-electron chi connectivity index (χ3n) is 5.11. The van der Waals surface area contributed by atoms with Gasteiger partial charge in [-0.1, -0.05) is 0 Å². The van der Waals surface area contributed by atoms with Gasteiger partial charge in [-0.15, -0.1) is 0 Å². The van der Waals surface area contributed by atoms with Gasteiger partial charge in [-0.05, 0) is 57.3 Å². The Bertz CT molecular complexity index is 486. The van der Waals surface area contributed by atoms with E-state index in [1.165, 1.54) is 4.90 Å². The number of amides is 2. The van der Waals surface area contributed by atoms with Crippen molar-refractivity contribution in [1.82, 2.24) is 4.90 Å². The number of carboxylic acids is 1. The number of rotatable bonds is 3. The van der Waals surface area contributed by atoms with Crippen LogP contribution in [0.25, 0.3) is 0 Å². The van der Waals surface area contributed by atoms with Gasteiger partial charge in [0.2, 0.25) is 0 Å². The third kappa shape index (κ3) is 2.61. The van der Waals surface area contributed by atoms with Crippen molar-refractivity contribution in [3.8, 4) is 0 Å². The van der Waals surface area contributed by atoms with Crippen LogP contribution in [0.5, 0.6) is 0 Å². The van der Waals surface area contributed by atoms with Crippen molar-refractivity contribution in [2.24, 2.45) is 11.8 Å². The molecule has 0 radical (unpaired) electrons. The highest BCUT2D eigenvalue weighted by Gasteiger charge is 2.40. The molecule has 5 heteroatoms. The van der Waals surface area contributed by atoms with E-state index in [4.69, 9.17) is 5.11 Å². The smallest absolute Gasteiger partial charge is 0.306 e. The highest BCUT2D eigenvalue weighted by molar-refractivity contribution is 6.19. The van der Waals surface area contributed by atoms with Crippen LogP contribution in [0.1, 0.15) is 51.4 Å². The van der Waals surface area contributed by atoms with Crippen molar-refractivity contribution in [2.45, 2.75) is 51.4 Å². The van der Waals surface area contributed by atoms with Crippen LogP contribution in [0.15, 0.2) is 11.1 Å². The summed E-state index contributed by atoms with van der Waals surface area (Å²) in [6.07, 6.45) is 6.36. The molecule has 1 saturated carbocycles. The monoisotopic (exact) mass is 291 g/mol. The van der Waals surface area contributed by atoms with E-state index < -0.39 is 5.97 Å². The summed E-state index contributed by atoms with van der Waals surface area (Å²) in [5, 5.41) is 9.01. The molecule has 5 nitrogen and oxygen atoms in total. The zero-order chi connectivity index (χ0) is 15.0. The second-order valence-electron chi connectivity index (χ2n) is 6.44. The lowest BCUT2D eigenvalue weighted by Gasteiger charge is -2.29. The molecule has 1 N–H and O–H groups in total. The number of nitrogens with zero attached hydrogens (tertiary/aromatic N) is 1. The molecule has 0 bridgehead atoms. The zero-order valence-electron chi connectivity index (χ0n) is 12.1. The average molecular weight is 291 g/mol. The standard InChI is InChI=1S/C16H21NO4/c18-14-12-3-1-2-4-13(12)15(19)17(14)9-10-5-7-11(8-6-10)16(20)21/h10-11H,1-9H2,(H,20,21). The fourth-order valence-corrected chi connectivity index (χ4v) is 3.81. The number of carboxylic acid groups (broad SMARTS) is 1. The molecule has 0 aromatic carbocycles. The number of imide groups is 1. The van der Waals surface area contributed by atoms with Crippen molar-refractivity contribution >= 4 is 17.8 Å². The summed E-state index contributed by atoms with van der Waals surface area (Å²) in [5.74, 6) is -0.892. The molecular formula is C16H21NO4. The molecule has 1 aliphatic heterocycles. The minimum atomic E-state index is -0.723. The molecule has 0 unspecified atom stereocenters. The lowest BCUT2D eigenvalue weighted by Crippen LogP contribution is -2.37. The van der Waals surface area contributed by atoms with Gasteiger partial charge in [0.15, 0.2) is 0 Å². The fraction of sp³-hybridized carbons (Fsp3) is 0.688. The van der Waals surface area contributed by atoms with Gasteiger partial charge in [0.1, 0.15) is 0 Å². The predicted molar refractivity (Wildman–Crippen MR) is 75.3 cm³/mol. The van der Waals surface area contributed by atoms with Gasteiger partial charge in [-0.2, -0.15) is 0 Å². The molecule has 0 aromatic rings. The van der Waals surface area contributed by atoms with Crippen LogP contribution in [0.3, 0.4) is 0 Å². The van der Waals surface area contributed by atoms with E-state index >= 15 is 0 Å². The predicted octanol–water partition coefficient (Wildman–Crippen LogP) is 2.12. The van der Waals surface area contributed by atoms with Crippen LogP contribution < -0.4 is 0 Å². The highest BCUT2D eigenvalue weighted by Crippen LogP contribution is 2.35.